The summed E-state index contributed by atoms with van der Waals surface area (Å²) in [5, 5.41) is 0.607. The van der Waals surface area contributed by atoms with Gasteiger partial charge in [-0.3, -0.25) is 0 Å². The van der Waals surface area contributed by atoms with Crippen LogP contribution in [0.2, 0.25) is 5.02 Å². The fraction of sp³-hybridized carbons (Fsp3) is 0.333. The van der Waals surface area contributed by atoms with E-state index in [1.807, 2.05) is 12.1 Å². The molecule has 0 bridgehead atoms. The van der Waals surface area contributed by atoms with Crippen LogP contribution in [-0.2, 0) is 12.8 Å². The van der Waals surface area contributed by atoms with Gasteiger partial charge in [0.25, 0.3) is 0 Å². The van der Waals surface area contributed by atoms with Crippen molar-refractivity contribution in [2.45, 2.75) is 32.6 Å². The number of benzene rings is 1. The molecule has 0 aliphatic heterocycles. The van der Waals surface area contributed by atoms with Crippen molar-refractivity contribution in [3.8, 4) is 11.4 Å². The third-order valence-corrected chi connectivity index (χ3v) is 3.94. The highest BCUT2D eigenvalue weighted by Crippen LogP contribution is 2.30. The highest BCUT2D eigenvalue weighted by molar-refractivity contribution is 6.33. The Hall–Kier alpha value is -1.61. The molecule has 4 heteroatoms. The van der Waals surface area contributed by atoms with E-state index in [-0.39, 0.29) is 0 Å². The molecular formula is C15H16ClN3. The molecule has 0 radical (unpaired) electrons. The van der Waals surface area contributed by atoms with Gasteiger partial charge in [-0.05, 0) is 56.4 Å². The molecule has 98 valence electrons. The molecule has 3 rings (SSSR count). The van der Waals surface area contributed by atoms with E-state index in [1.165, 1.54) is 24.1 Å². The van der Waals surface area contributed by atoms with E-state index < -0.39 is 0 Å². The first-order valence-electron chi connectivity index (χ1n) is 6.57. The van der Waals surface area contributed by atoms with Crippen molar-refractivity contribution in [1.82, 2.24) is 9.97 Å². The number of nitrogen functional groups attached to an aromatic ring is 1. The van der Waals surface area contributed by atoms with Crippen molar-refractivity contribution in [1.29, 1.82) is 0 Å². The van der Waals surface area contributed by atoms with Crippen LogP contribution in [-0.4, -0.2) is 9.97 Å². The molecule has 0 fully saturated rings. The number of hydrogen-bond donors (Lipinski definition) is 1. The van der Waals surface area contributed by atoms with Gasteiger partial charge in [-0.1, -0.05) is 11.6 Å². The number of nitrogens with two attached hydrogens (primary N) is 1. The van der Waals surface area contributed by atoms with Gasteiger partial charge in [0.05, 0.1) is 5.02 Å². The van der Waals surface area contributed by atoms with Crippen LogP contribution < -0.4 is 5.73 Å². The number of aromatic nitrogens is 2. The van der Waals surface area contributed by atoms with Crippen molar-refractivity contribution < 1.29 is 0 Å². The Morgan fingerprint density at radius 3 is 2.74 bits per heavy atom. The molecule has 0 saturated carbocycles. The number of fused-ring (bicyclic) bond motifs is 1. The average Bonchev–Trinajstić information content (AvgIpc) is 2.38. The lowest BCUT2D eigenvalue weighted by molar-refractivity contribution is 0.658. The molecule has 1 aromatic carbocycles. The second kappa shape index (κ2) is 4.82. The lowest BCUT2D eigenvalue weighted by atomic mass is 9.95. The molecule has 1 aliphatic rings. The van der Waals surface area contributed by atoms with Crippen molar-refractivity contribution in [3.05, 3.63) is 40.2 Å². The molecular weight excluding hydrogens is 258 g/mol. The van der Waals surface area contributed by atoms with E-state index in [9.17, 15) is 0 Å². The van der Waals surface area contributed by atoms with Crippen LogP contribution in [0.15, 0.2) is 18.2 Å². The first-order valence-corrected chi connectivity index (χ1v) is 6.95. The van der Waals surface area contributed by atoms with Gasteiger partial charge >= 0.3 is 0 Å². The topological polar surface area (TPSA) is 51.8 Å². The Morgan fingerprint density at radius 1 is 1.16 bits per heavy atom. The molecule has 19 heavy (non-hydrogen) atoms. The normalized spacial score (nSPS) is 14.2. The SMILES string of the molecule is Cc1nc(-c2ccc(N)cc2Cl)nc2c1CCCC2. The number of rotatable bonds is 1. The van der Waals surface area contributed by atoms with Crippen LogP contribution in [0.25, 0.3) is 11.4 Å². The van der Waals surface area contributed by atoms with Gasteiger partial charge in [-0.2, -0.15) is 0 Å². The third kappa shape index (κ3) is 2.30. The van der Waals surface area contributed by atoms with Crippen molar-refractivity contribution >= 4 is 17.3 Å². The maximum atomic E-state index is 6.24. The summed E-state index contributed by atoms with van der Waals surface area (Å²) in [6, 6.07) is 5.47. The first-order chi connectivity index (χ1) is 9.15. The minimum absolute atomic E-state index is 0.607. The number of aryl methyl sites for hydroxylation is 2. The third-order valence-electron chi connectivity index (χ3n) is 3.62. The molecule has 0 unspecified atom stereocenters. The summed E-state index contributed by atoms with van der Waals surface area (Å²) in [5.41, 5.74) is 10.8. The summed E-state index contributed by atoms with van der Waals surface area (Å²) >= 11 is 6.24. The summed E-state index contributed by atoms with van der Waals surface area (Å²) in [7, 11) is 0. The van der Waals surface area contributed by atoms with E-state index in [0.29, 0.717) is 16.5 Å². The summed E-state index contributed by atoms with van der Waals surface area (Å²) < 4.78 is 0. The molecule has 3 nitrogen and oxygen atoms in total. The quantitative estimate of drug-likeness (QED) is 0.808. The zero-order valence-corrected chi connectivity index (χ0v) is 11.7. The van der Waals surface area contributed by atoms with E-state index in [1.54, 1.807) is 6.07 Å². The van der Waals surface area contributed by atoms with Crippen LogP contribution in [0.4, 0.5) is 5.69 Å². The Balaban J connectivity index is 2.13. The Morgan fingerprint density at radius 2 is 1.95 bits per heavy atom. The summed E-state index contributed by atoms with van der Waals surface area (Å²) in [4.78, 5) is 9.31. The van der Waals surface area contributed by atoms with E-state index in [4.69, 9.17) is 22.3 Å². The van der Waals surface area contributed by atoms with Crippen LogP contribution in [0, 0.1) is 6.92 Å². The molecule has 0 spiro atoms. The monoisotopic (exact) mass is 273 g/mol. The van der Waals surface area contributed by atoms with Crippen molar-refractivity contribution in [2.24, 2.45) is 0 Å². The van der Waals surface area contributed by atoms with Gasteiger partial charge in [-0.15, -0.1) is 0 Å². The number of hydrogen-bond acceptors (Lipinski definition) is 3. The van der Waals surface area contributed by atoms with Crippen LogP contribution in [0.5, 0.6) is 0 Å². The van der Waals surface area contributed by atoms with Crippen molar-refractivity contribution in [3.63, 3.8) is 0 Å². The summed E-state index contributed by atoms with van der Waals surface area (Å²) in [6.07, 6.45) is 4.58. The highest BCUT2D eigenvalue weighted by atomic mass is 35.5. The van der Waals surface area contributed by atoms with E-state index >= 15 is 0 Å². The largest absolute Gasteiger partial charge is 0.399 e. The Kier molecular flexibility index (Phi) is 3.15. The van der Waals surface area contributed by atoms with Crippen LogP contribution in [0.3, 0.4) is 0 Å². The number of halogens is 1. The predicted molar refractivity (Wildman–Crippen MR) is 78.3 cm³/mol. The summed E-state index contributed by atoms with van der Waals surface area (Å²) in [5.74, 6) is 0.711. The van der Waals surface area contributed by atoms with Crippen molar-refractivity contribution in [2.75, 3.05) is 5.73 Å². The van der Waals surface area contributed by atoms with Gasteiger partial charge < -0.3 is 5.73 Å². The van der Waals surface area contributed by atoms with Crippen LogP contribution in [0.1, 0.15) is 29.8 Å². The Labute approximate surface area is 117 Å². The second-order valence-electron chi connectivity index (χ2n) is 5.00. The van der Waals surface area contributed by atoms with E-state index in [0.717, 1.165) is 24.1 Å². The van der Waals surface area contributed by atoms with E-state index in [2.05, 4.69) is 11.9 Å². The lowest BCUT2D eigenvalue weighted by Crippen LogP contribution is -2.10. The van der Waals surface area contributed by atoms with Gasteiger partial charge in [0.1, 0.15) is 0 Å². The average molecular weight is 274 g/mol. The predicted octanol–water partition coefficient (Wildman–Crippen LogP) is 3.57. The molecule has 0 atom stereocenters. The van der Waals surface area contributed by atoms with Gasteiger partial charge in [0.15, 0.2) is 5.82 Å². The van der Waals surface area contributed by atoms with Gasteiger partial charge in [-0.25, -0.2) is 9.97 Å². The molecule has 0 amide bonds. The zero-order chi connectivity index (χ0) is 13.4. The lowest BCUT2D eigenvalue weighted by Gasteiger charge is -2.17. The molecule has 0 saturated heterocycles. The number of nitrogens with zero attached hydrogens (tertiary/aromatic N) is 2. The molecule has 1 heterocycles. The molecule has 2 aromatic rings. The summed E-state index contributed by atoms with van der Waals surface area (Å²) in [6.45, 7) is 2.06. The smallest absolute Gasteiger partial charge is 0.161 e. The van der Waals surface area contributed by atoms with Crippen LogP contribution >= 0.6 is 11.6 Å². The highest BCUT2D eigenvalue weighted by Gasteiger charge is 2.17. The Bertz CT molecular complexity index is 638. The second-order valence-corrected chi connectivity index (χ2v) is 5.41. The fourth-order valence-corrected chi connectivity index (χ4v) is 2.89. The first kappa shape index (κ1) is 12.4. The number of anilines is 1. The minimum atomic E-state index is 0.607. The maximum Gasteiger partial charge on any atom is 0.161 e. The fourth-order valence-electron chi connectivity index (χ4n) is 2.61. The molecule has 1 aliphatic carbocycles. The standard InChI is InChI=1S/C15H16ClN3/c1-9-11-4-2-3-5-14(11)19-15(18-9)12-7-6-10(17)8-13(12)16/h6-8H,2-5,17H2,1H3. The zero-order valence-electron chi connectivity index (χ0n) is 10.9. The molecule has 2 N–H and O–H groups in total. The van der Waals surface area contributed by atoms with Gasteiger partial charge in [0.2, 0.25) is 0 Å². The van der Waals surface area contributed by atoms with Gasteiger partial charge in [0, 0.05) is 22.6 Å². The minimum Gasteiger partial charge on any atom is -0.399 e. The molecule has 1 aromatic heterocycles. The maximum absolute atomic E-state index is 6.24.